The Morgan fingerprint density at radius 2 is 2.11 bits per heavy atom. The largest absolute Gasteiger partial charge is 0.326 e. The van der Waals surface area contributed by atoms with E-state index in [1.165, 1.54) is 19.3 Å². The maximum atomic E-state index is 11.7. The summed E-state index contributed by atoms with van der Waals surface area (Å²) >= 11 is 0. The summed E-state index contributed by atoms with van der Waals surface area (Å²) in [5.41, 5.74) is 6.46. The van der Waals surface area contributed by atoms with E-state index in [0.717, 1.165) is 18.4 Å². The number of carbonyl (C=O) groups is 1. The molecule has 0 aliphatic heterocycles. The van der Waals surface area contributed by atoms with Crippen LogP contribution >= 0.6 is 0 Å². The van der Waals surface area contributed by atoms with Crippen LogP contribution in [0, 0.1) is 0 Å². The maximum Gasteiger partial charge on any atom is 0.225 e. The normalized spacial score (nSPS) is 10.6. The van der Waals surface area contributed by atoms with Crippen molar-refractivity contribution in [2.75, 3.05) is 5.32 Å². The van der Waals surface area contributed by atoms with Crippen molar-refractivity contribution in [3.63, 3.8) is 0 Å². The molecule has 5 heteroatoms. The number of anilines is 1. The Labute approximate surface area is 109 Å². The zero-order valence-corrected chi connectivity index (χ0v) is 11.4. The number of rotatable bonds is 8. The number of aryl methyl sites for hydroxylation is 1. The van der Waals surface area contributed by atoms with E-state index in [2.05, 4.69) is 17.3 Å². The average molecular weight is 252 g/mol. The molecule has 0 bridgehead atoms. The molecule has 0 unspecified atom stereocenters. The lowest BCUT2D eigenvalue weighted by Gasteiger charge is -2.03. The first-order chi connectivity index (χ1) is 8.67. The summed E-state index contributed by atoms with van der Waals surface area (Å²) in [6.07, 6.45) is 8.13. The molecule has 0 saturated carbocycles. The van der Waals surface area contributed by atoms with Crippen LogP contribution in [0.5, 0.6) is 0 Å². The molecule has 1 rings (SSSR count). The number of carbonyl (C=O) groups excluding carboxylic acids is 1. The van der Waals surface area contributed by atoms with Crippen LogP contribution in [-0.4, -0.2) is 15.7 Å². The van der Waals surface area contributed by atoms with Crippen molar-refractivity contribution >= 4 is 11.7 Å². The zero-order valence-electron chi connectivity index (χ0n) is 11.4. The lowest BCUT2D eigenvalue weighted by molar-refractivity contribution is -0.116. The summed E-state index contributed by atoms with van der Waals surface area (Å²) in [7, 11) is 1.82. The first-order valence-corrected chi connectivity index (χ1v) is 6.69. The first kappa shape index (κ1) is 14.7. The second-order valence-corrected chi connectivity index (χ2v) is 4.59. The molecule has 3 N–H and O–H groups in total. The predicted octanol–water partition coefficient (Wildman–Crippen LogP) is 2.18. The van der Waals surface area contributed by atoms with Crippen LogP contribution in [0.1, 0.15) is 51.0 Å². The fraction of sp³-hybridized carbons (Fsp3) is 0.692. The first-order valence-electron chi connectivity index (χ1n) is 6.69. The second kappa shape index (κ2) is 7.87. The van der Waals surface area contributed by atoms with E-state index in [9.17, 15) is 4.79 Å². The van der Waals surface area contributed by atoms with E-state index < -0.39 is 0 Å². The second-order valence-electron chi connectivity index (χ2n) is 4.59. The lowest BCUT2D eigenvalue weighted by Crippen LogP contribution is -2.13. The van der Waals surface area contributed by atoms with Crippen molar-refractivity contribution in [1.82, 2.24) is 9.78 Å². The van der Waals surface area contributed by atoms with E-state index in [1.54, 1.807) is 4.68 Å². The number of nitrogens with one attached hydrogen (secondary N) is 1. The minimum Gasteiger partial charge on any atom is -0.326 e. The highest BCUT2D eigenvalue weighted by molar-refractivity contribution is 5.90. The lowest BCUT2D eigenvalue weighted by atomic mass is 10.1. The van der Waals surface area contributed by atoms with E-state index in [1.807, 2.05) is 13.2 Å². The monoisotopic (exact) mass is 252 g/mol. The Hall–Kier alpha value is -1.36. The van der Waals surface area contributed by atoms with Crippen molar-refractivity contribution in [2.24, 2.45) is 12.8 Å². The molecule has 0 radical (unpaired) electrons. The van der Waals surface area contributed by atoms with Crippen LogP contribution < -0.4 is 11.1 Å². The van der Waals surface area contributed by atoms with Gasteiger partial charge in [-0.15, -0.1) is 0 Å². The summed E-state index contributed by atoms with van der Waals surface area (Å²) in [5.74, 6) is 0.624. The van der Waals surface area contributed by atoms with Gasteiger partial charge in [-0.2, -0.15) is 5.10 Å². The topological polar surface area (TPSA) is 72.9 Å². The molecule has 1 heterocycles. The standard InChI is InChI=1S/C13H24N4O/c1-3-4-5-6-7-8-12(18)15-13-11(9-14)10-17(2)16-13/h10H,3-9,14H2,1-2H3,(H,15,16,18). The fourth-order valence-corrected chi connectivity index (χ4v) is 1.88. The van der Waals surface area contributed by atoms with Gasteiger partial charge in [-0.05, 0) is 6.42 Å². The van der Waals surface area contributed by atoms with Crippen molar-refractivity contribution in [2.45, 2.75) is 52.0 Å². The van der Waals surface area contributed by atoms with Gasteiger partial charge in [0.25, 0.3) is 0 Å². The van der Waals surface area contributed by atoms with Gasteiger partial charge in [-0.1, -0.05) is 32.6 Å². The summed E-state index contributed by atoms with van der Waals surface area (Å²) in [4.78, 5) is 11.7. The van der Waals surface area contributed by atoms with Crippen molar-refractivity contribution in [3.05, 3.63) is 11.8 Å². The Bertz CT molecular complexity index is 373. The molecule has 1 amide bonds. The fourth-order valence-electron chi connectivity index (χ4n) is 1.88. The molecule has 5 nitrogen and oxygen atoms in total. The third-order valence-corrected chi connectivity index (χ3v) is 2.89. The number of hydrogen-bond donors (Lipinski definition) is 2. The molecule has 0 atom stereocenters. The molecule has 0 fully saturated rings. The Morgan fingerprint density at radius 1 is 1.39 bits per heavy atom. The number of nitrogens with zero attached hydrogens (tertiary/aromatic N) is 2. The quantitative estimate of drug-likeness (QED) is 0.696. The highest BCUT2D eigenvalue weighted by atomic mass is 16.1. The van der Waals surface area contributed by atoms with Gasteiger partial charge in [0.05, 0.1) is 0 Å². The summed E-state index contributed by atoms with van der Waals surface area (Å²) in [6, 6.07) is 0. The van der Waals surface area contributed by atoms with Gasteiger partial charge in [0, 0.05) is 31.8 Å². The summed E-state index contributed by atoms with van der Waals surface area (Å²) < 4.78 is 1.67. The Kier molecular flexibility index (Phi) is 6.43. The molecule has 0 saturated heterocycles. The molecule has 102 valence electrons. The van der Waals surface area contributed by atoms with E-state index in [4.69, 9.17) is 5.73 Å². The molecular weight excluding hydrogens is 228 g/mol. The molecule has 0 aliphatic carbocycles. The van der Waals surface area contributed by atoms with Crippen molar-refractivity contribution in [1.29, 1.82) is 0 Å². The van der Waals surface area contributed by atoms with E-state index >= 15 is 0 Å². The van der Waals surface area contributed by atoms with E-state index in [-0.39, 0.29) is 5.91 Å². The SMILES string of the molecule is CCCCCCCC(=O)Nc1nn(C)cc1CN. The Morgan fingerprint density at radius 3 is 2.78 bits per heavy atom. The summed E-state index contributed by atoms with van der Waals surface area (Å²) in [6.45, 7) is 2.57. The molecule has 18 heavy (non-hydrogen) atoms. The van der Waals surface area contributed by atoms with Crippen LogP contribution in [0.4, 0.5) is 5.82 Å². The Balaban J connectivity index is 2.31. The zero-order chi connectivity index (χ0) is 13.4. The van der Waals surface area contributed by atoms with Gasteiger partial charge < -0.3 is 11.1 Å². The number of nitrogens with two attached hydrogens (primary N) is 1. The van der Waals surface area contributed by atoms with Crippen LogP contribution in [0.25, 0.3) is 0 Å². The third-order valence-electron chi connectivity index (χ3n) is 2.89. The van der Waals surface area contributed by atoms with E-state index in [0.29, 0.717) is 18.8 Å². The maximum absolute atomic E-state index is 11.7. The van der Waals surface area contributed by atoms with Crippen LogP contribution in [0.2, 0.25) is 0 Å². The molecule has 1 aromatic heterocycles. The van der Waals surface area contributed by atoms with Gasteiger partial charge in [0.1, 0.15) is 0 Å². The van der Waals surface area contributed by atoms with Crippen molar-refractivity contribution in [3.8, 4) is 0 Å². The number of hydrogen-bond acceptors (Lipinski definition) is 3. The highest BCUT2D eigenvalue weighted by Crippen LogP contribution is 2.12. The highest BCUT2D eigenvalue weighted by Gasteiger charge is 2.09. The minimum atomic E-state index is 0.0277. The van der Waals surface area contributed by atoms with Gasteiger partial charge in [-0.3, -0.25) is 9.48 Å². The van der Waals surface area contributed by atoms with Gasteiger partial charge in [0.2, 0.25) is 5.91 Å². The van der Waals surface area contributed by atoms with Crippen LogP contribution in [0.3, 0.4) is 0 Å². The average Bonchev–Trinajstić information content (AvgIpc) is 2.69. The third kappa shape index (κ3) is 4.87. The van der Waals surface area contributed by atoms with Gasteiger partial charge in [0.15, 0.2) is 5.82 Å². The minimum absolute atomic E-state index is 0.0277. The summed E-state index contributed by atoms with van der Waals surface area (Å²) in [5, 5.41) is 7.01. The number of aromatic nitrogens is 2. The predicted molar refractivity (Wildman–Crippen MR) is 73.1 cm³/mol. The molecule has 0 spiro atoms. The molecular formula is C13H24N4O. The van der Waals surface area contributed by atoms with Crippen LogP contribution in [-0.2, 0) is 18.4 Å². The molecule has 0 aliphatic rings. The molecule has 1 aromatic rings. The van der Waals surface area contributed by atoms with Gasteiger partial charge >= 0.3 is 0 Å². The number of amides is 1. The van der Waals surface area contributed by atoms with Gasteiger partial charge in [-0.25, -0.2) is 0 Å². The van der Waals surface area contributed by atoms with Crippen LogP contribution in [0.15, 0.2) is 6.20 Å². The molecule has 0 aromatic carbocycles. The number of unbranched alkanes of at least 4 members (excludes halogenated alkanes) is 4. The van der Waals surface area contributed by atoms with Crippen molar-refractivity contribution < 1.29 is 4.79 Å². The smallest absolute Gasteiger partial charge is 0.225 e.